The molecular weight excluding hydrogens is 483 g/mol. The summed E-state index contributed by atoms with van der Waals surface area (Å²) in [4.78, 5) is 4.65. The van der Waals surface area contributed by atoms with Crippen LogP contribution < -0.4 is 20.1 Å². The molecule has 0 aliphatic carbocycles. The topological polar surface area (TPSA) is 85.1 Å². The second-order valence-electron chi connectivity index (χ2n) is 5.98. The summed E-state index contributed by atoms with van der Waals surface area (Å²) in [6.07, 6.45) is 2.65. The van der Waals surface area contributed by atoms with Crippen LogP contribution in [0.5, 0.6) is 11.5 Å². The number of hydrogen-bond donors (Lipinski definition) is 2. The Kier molecular flexibility index (Phi) is 8.97. The maximum absolute atomic E-state index is 5.56. The number of nitrogens with one attached hydrogen (secondary N) is 2. The lowest BCUT2D eigenvalue weighted by atomic mass is 10.2. The number of hydrogen-bond acceptors (Lipinski definition) is 5. The summed E-state index contributed by atoms with van der Waals surface area (Å²) < 4.78 is 13.0. The van der Waals surface area contributed by atoms with Gasteiger partial charge in [0.1, 0.15) is 5.82 Å². The first-order valence-electron chi connectivity index (χ1n) is 9.40. The van der Waals surface area contributed by atoms with Crippen molar-refractivity contribution in [1.29, 1.82) is 0 Å². The molecule has 0 spiro atoms. The molecule has 0 aliphatic rings. The minimum absolute atomic E-state index is 0. The van der Waals surface area contributed by atoms with Crippen molar-refractivity contribution in [2.24, 2.45) is 4.99 Å². The van der Waals surface area contributed by atoms with Crippen LogP contribution >= 0.6 is 24.0 Å². The van der Waals surface area contributed by atoms with E-state index in [1.165, 1.54) is 0 Å². The summed E-state index contributed by atoms with van der Waals surface area (Å²) >= 11 is 0. The Bertz CT molecular complexity index is 944. The van der Waals surface area contributed by atoms with Crippen molar-refractivity contribution in [3.8, 4) is 11.5 Å². The van der Waals surface area contributed by atoms with Crippen LogP contribution in [-0.4, -0.2) is 47.4 Å². The Morgan fingerprint density at radius 3 is 2.76 bits per heavy atom. The highest BCUT2D eigenvalue weighted by Gasteiger charge is 2.08. The Morgan fingerprint density at radius 2 is 2.00 bits per heavy atom. The molecule has 0 saturated carbocycles. The van der Waals surface area contributed by atoms with Gasteiger partial charge < -0.3 is 20.1 Å². The zero-order valence-corrected chi connectivity index (χ0v) is 19.2. The van der Waals surface area contributed by atoms with E-state index in [2.05, 4.69) is 25.8 Å². The number of methoxy groups -OCH3 is 1. The highest BCUT2D eigenvalue weighted by Crippen LogP contribution is 2.30. The van der Waals surface area contributed by atoms with Gasteiger partial charge in [0.15, 0.2) is 23.1 Å². The molecule has 0 unspecified atom stereocenters. The zero-order valence-electron chi connectivity index (χ0n) is 16.9. The number of aromatic nitrogens is 3. The molecule has 0 fully saturated rings. The van der Waals surface area contributed by atoms with Crippen LogP contribution in [0.3, 0.4) is 0 Å². The van der Waals surface area contributed by atoms with Gasteiger partial charge in [-0.2, -0.15) is 0 Å². The van der Waals surface area contributed by atoms with Crippen LogP contribution in [-0.2, 0) is 6.42 Å². The normalized spacial score (nSPS) is 11.1. The van der Waals surface area contributed by atoms with Crippen LogP contribution in [0.15, 0.2) is 47.6 Å². The van der Waals surface area contributed by atoms with Crippen molar-refractivity contribution in [2.75, 3.05) is 32.1 Å². The Balaban J connectivity index is 0.00000300. The first kappa shape index (κ1) is 22.7. The summed E-state index contributed by atoms with van der Waals surface area (Å²) in [6, 6.07) is 11.6. The van der Waals surface area contributed by atoms with Crippen LogP contribution in [0, 0.1) is 0 Å². The molecule has 1 aromatic carbocycles. The van der Waals surface area contributed by atoms with Gasteiger partial charge in [-0.25, -0.2) is 0 Å². The van der Waals surface area contributed by atoms with Gasteiger partial charge in [-0.05, 0) is 38.1 Å². The minimum atomic E-state index is 0. The predicted molar refractivity (Wildman–Crippen MR) is 126 cm³/mol. The van der Waals surface area contributed by atoms with Crippen molar-refractivity contribution in [1.82, 2.24) is 19.9 Å². The molecule has 3 aromatic rings. The number of aliphatic imine (C=N–C) groups is 1. The van der Waals surface area contributed by atoms with Crippen molar-refractivity contribution in [3.05, 3.63) is 48.4 Å². The third-order valence-corrected chi connectivity index (χ3v) is 4.06. The standard InChI is InChI=1S/C20H26N6O2.HI/c1-4-21-20(23-15-9-10-16(28-5-2)17(14-15)27-3)22-12-11-19-25-24-18-8-6-7-13-26(18)19;/h6-10,13-14H,4-5,11-12H2,1-3H3,(H2,21,22,23);1H. The number of fused-ring (bicyclic) bond motifs is 1. The monoisotopic (exact) mass is 510 g/mol. The maximum Gasteiger partial charge on any atom is 0.195 e. The Morgan fingerprint density at radius 1 is 1.14 bits per heavy atom. The lowest BCUT2D eigenvalue weighted by molar-refractivity contribution is 0.311. The van der Waals surface area contributed by atoms with Crippen molar-refractivity contribution >= 4 is 41.3 Å². The van der Waals surface area contributed by atoms with Gasteiger partial charge >= 0.3 is 0 Å². The van der Waals surface area contributed by atoms with Gasteiger partial charge in [0.2, 0.25) is 0 Å². The number of nitrogens with zero attached hydrogens (tertiary/aromatic N) is 4. The second-order valence-corrected chi connectivity index (χ2v) is 5.98. The molecule has 2 N–H and O–H groups in total. The molecule has 29 heavy (non-hydrogen) atoms. The minimum Gasteiger partial charge on any atom is -0.493 e. The average Bonchev–Trinajstić information content (AvgIpc) is 3.12. The van der Waals surface area contributed by atoms with Crippen LogP contribution in [0.2, 0.25) is 0 Å². The number of benzene rings is 1. The predicted octanol–water partition coefficient (Wildman–Crippen LogP) is 3.37. The van der Waals surface area contributed by atoms with Gasteiger partial charge in [0.05, 0.1) is 13.7 Å². The molecule has 3 rings (SSSR count). The summed E-state index contributed by atoms with van der Waals surface area (Å²) in [5.41, 5.74) is 1.71. The van der Waals surface area contributed by atoms with Crippen LogP contribution in [0.1, 0.15) is 19.7 Å². The summed E-state index contributed by atoms with van der Waals surface area (Å²) in [5.74, 6) is 2.98. The van der Waals surface area contributed by atoms with E-state index >= 15 is 0 Å². The Labute approximate surface area is 187 Å². The van der Waals surface area contributed by atoms with E-state index in [0.29, 0.717) is 31.3 Å². The highest BCUT2D eigenvalue weighted by atomic mass is 127. The molecule has 156 valence electrons. The number of anilines is 1. The third kappa shape index (κ3) is 5.96. The van der Waals surface area contributed by atoms with Gasteiger partial charge in [0, 0.05) is 37.5 Å². The fraction of sp³-hybridized carbons (Fsp3) is 0.350. The van der Waals surface area contributed by atoms with E-state index in [0.717, 1.165) is 29.5 Å². The number of pyridine rings is 1. The number of rotatable bonds is 8. The van der Waals surface area contributed by atoms with Crippen molar-refractivity contribution in [3.63, 3.8) is 0 Å². The quantitative estimate of drug-likeness (QED) is 0.275. The molecule has 0 aliphatic heterocycles. The summed E-state index contributed by atoms with van der Waals surface area (Å²) in [5, 5.41) is 15.0. The molecule has 9 heteroatoms. The van der Waals surface area contributed by atoms with Crippen LogP contribution in [0.4, 0.5) is 5.69 Å². The molecule has 0 atom stereocenters. The van der Waals surface area contributed by atoms with Gasteiger partial charge in [0.25, 0.3) is 0 Å². The van der Waals surface area contributed by atoms with Gasteiger partial charge in [-0.15, -0.1) is 34.2 Å². The maximum atomic E-state index is 5.56. The first-order valence-corrected chi connectivity index (χ1v) is 9.40. The van der Waals surface area contributed by atoms with Gasteiger partial charge in [-0.1, -0.05) is 6.07 Å². The Hall–Kier alpha value is -2.56. The molecule has 2 heterocycles. The van der Waals surface area contributed by atoms with Gasteiger partial charge in [-0.3, -0.25) is 9.39 Å². The second kappa shape index (κ2) is 11.4. The lowest BCUT2D eigenvalue weighted by Gasteiger charge is -2.14. The molecule has 0 amide bonds. The molecular formula is C20H27IN6O2. The number of ether oxygens (including phenoxy) is 2. The number of halogens is 1. The number of guanidine groups is 1. The van der Waals surface area contributed by atoms with E-state index in [1.807, 2.05) is 60.8 Å². The zero-order chi connectivity index (χ0) is 19.8. The molecule has 8 nitrogen and oxygen atoms in total. The SMILES string of the molecule is CCNC(=NCCc1nnc2ccccn12)Nc1ccc(OCC)c(OC)c1.I. The molecule has 0 bridgehead atoms. The van der Waals surface area contributed by atoms with E-state index in [-0.39, 0.29) is 24.0 Å². The molecule has 2 aromatic heterocycles. The van der Waals surface area contributed by atoms with Crippen molar-refractivity contribution in [2.45, 2.75) is 20.3 Å². The van der Waals surface area contributed by atoms with E-state index in [9.17, 15) is 0 Å². The lowest BCUT2D eigenvalue weighted by Crippen LogP contribution is -2.31. The summed E-state index contributed by atoms with van der Waals surface area (Å²) in [7, 11) is 1.63. The van der Waals surface area contributed by atoms with E-state index in [4.69, 9.17) is 9.47 Å². The van der Waals surface area contributed by atoms with E-state index in [1.54, 1.807) is 7.11 Å². The van der Waals surface area contributed by atoms with E-state index < -0.39 is 0 Å². The smallest absolute Gasteiger partial charge is 0.195 e. The first-order chi connectivity index (χ1) is 13.7. The largest absolute Gasteiger partial charge is 0.493 e. The fourth-order valence-electron chi connectivity index (χ4n) is 2.79. The summed E-state index contributed by atoms with van der Waals surface area (Å²) in [6.45, 7) is 5.90. The highest BCUT2D eigenvalue weighted by molar-refractivity contribution is 14.0. The fourth-order valence-corrected chi connectivity index (χ4v) is 2.79. The molecule has 0 saturated heterocycles. The average molecular weight is 510 g/mol. The third-order valence-electron chi connectivity index (χ3n) is 4.06. The van der Waals surface area contributed by atoms with Crippen molar-refractivity contribution < 1.29 is 9.47 Å². The molecule has 0 radical (unpaired) electrons. The van der Waals surface area contributed by atoms with Crippen LogP contribution in [0.25, 0.3) is 5.65 Å².